The lowest BCUT2D eigenvalue weighted by atomic mass is 9.57. The fraction of sp³-hybridized carbons (Fsp3) is 0.684. The highest BCUT2D eigenvalue weighted by molar-refractivity contribution is 5.71. The van der Waals surface area contributed by atoms with Gasteiger partial charge in [-0.2, -0.15) is 0 Å². The maximum atomic E-state index is 11.0. The van der Waals surface area contributed by atoms with Crippen molar-refractivity contribution in [2.75, 3.05) is 31.1 Å². The molecule has 0 aromatic carbocycles. The topological polar surface area (TPSA) is 56.7 Å². The molecule has 2 aliphatic heterocycles. The molecule has 3 aliphatic rings. The highest BCUT2D eigenvalue weighted by atomic mass is 16.4. The predicted molar refractivity (Wildman–Crippen MR) is 93.0 cm³/mol. The van der Waals surface area contributed by atoms with E-state index >= 15 is 0 Å². The Kier molecular flexibility index (Phi) is 4.21. The van der Waals surface area contributed by atoms with E-state index in [-0.39, 0.29) is 5.92 Å². The van der Waals surface area contributed by atoms with Gasteiger partial charge in [-0.3, -0.25) is 9.69 Å². The minimum atomic E-state index is -0.604. The quantitative estimate of drug-likeness (QED) is 0.920. The Balaban J connectivity index is 1.27. The largest absolute Gasteiger partial charge is 0.481 e. The monoisotopic (exact) mass is 329 g/mol. The van der Waals surface area contributed by atoms with Crippen LogP contribution in [-0.4, -0.2) is 47.1 Å². The average molecular weight is 329 g/mol. The van der Waals surface area contributed by atoms with Crippen LogP contribution in [0.15, 0.2) is 18.3 Å². The van der Waals surface area contributed by atoms with Crippen molar-refractivity contribution in [3.8, 4) is 0 Å². The molecule has 5 nitrogen and oxygen atoms in total. The number of nitrogens with zero attached hydrogens (tertiary/aromatic N) is 3. The normalized spacial score (nSPS) is 24.2. The fourth-order valence-electron chi connectivity index (χ4n) is 4.66. The molecule has 1 spiro atoms. The molecule has 5 heteroatoms. The van der Waals surface area contributed by atoms with Gasteiger partial charge in [0.2, 0.25) is 0 Å². The summed E-state index contributed by atoms with van der Waals surface area (Å²) in [6.07, 6.45) is 8.67. The first-order valence-corrected chi connectivity index (χ1v) is 9.29. The molecule has 0 radical (unpaired) electrons. The molecular weight excluding hydrogens is 302 g/mol. The van der Waals surface area contributed by atoms with Gasteiger partial charge < -0.3 is 10.0 Å². The Hall–Kier alpha value is -1.62. The van der Waals surface area contributed by atoms with E-state index in [9.17, 15) is 4.79 Å². The Morgan fingerprint density at radius 1 is 1.17 bits per heavy atom. The summed E-state index contributed by atoms with van der Waals surface area (Å²) in [5, 5.41) is 9.07. The van der Waals surface area contributed by atoms with Crippen molar-refractivity contribution < 1.29 is 9.90 Å². The van der Waals surface area contributed by atoms with Gasteiger partial charge in [0.05, 0.1) is 5.92 Å². The smallest absolute Gasteiger partial charge is 0.306 e. The van der Waals surface area contributed by atoms with Crippen LogP contribution in [0.5, 0.6) is 0 Å². The zero-order valence-electron chi connectivity index (χ0n) is 14.3. The van der Waals surface area contributed by atoms with Crippen LogP contribution in [0.1, 0.15) is 44.1 Å². The number of hydrogen-bond acceptors (Lipinski definition) is 4. The lowest BCUT2D eigenvalue weighted by Gasteiger charge is -2.51. The zero-order valence-corrected chi connectivity index (χ0v) is 14.3. The van der Waals surface area contributed by atoms with Gasteiger partial charge in [-0.15, -0.1) is 0 Å². The lowest BCUT2D eigenvalue weighted by Crippen LogP contribution is -2.48. The third-order valence-electron chi connectivity index (χ3n) is 6.27. The third-order valence-corrected chi connectivity index (χ3v) is 6.27. The number of carbonyl (C=O) groups is 1. The summed E-state index contributed by atoms with van der Waals surface area (Å²) in [5.74, 6) is 0.425. The summed E-state index contributed by atoms with van der Waals surface area (Å²) >= 11 is 0. The van der Waals surface area contributed by atoms with Crippen molar-refractivity contribution in [3.63, 3.8) is 0 Å². The summed E-state index contributed by atoms with van der Waals surface area (Å²) in [4.78, 5) is 20.5. The second kappa shape index (κ2) is 6.36. The average Bonchev–Trinajstić information content (AvgIpc) is 3.08. The second-order valence-corrected chi connectivity index (χ2v) is 7.94. The number of rotatable bonds is 4. The van der Waals surface area contributed by atoms with Gasteiger partial charge in [0, 0.05) is 25.8 Å². The molecule has 0 atom stereocenters. The molecule has 0 amide bonds. The third kappa shape index (κ3) is 3.14. The van der Waals surface area contributed by atoms with Crippen molar-refractivity contribution in [1.82, 2.24) is 9.88 Å². The van der Waals surface area contributed by atoms with Crippen LogP contribution >= 0.6 is 0 Å². The van der Waals surface area contributed by atoms with Crippen LogP contribution in [0, 0.1) is 11.3 Å². The summed E-state index contributed by atoms with van der Waals surface area (Å²) in [6, 6.07) is 4.38. The molecule has 1 N–H and O–H groups in total. The van der Waals surface area contributed by atoms with Crippen LogP contribution in [-0.2, 0) is 11.3 Å². The molecular formula is C19H27N3O2. The number of anilines is 1. The first kappa shape index (κ1) is 15.9. The second-order valence-electron chi connectivity index (χ2n) is 7.94. The Morgan fingerprint density at radius 2 is 1.88 bits per heavy atom. The molecule has 130 valence electrons. The summed E-state index contributed by atoms with van der Waals surface area (Å²) in [7, 11) is 0. The van der Waals surface area contributed by atoms with Gasteiger partial charge in [0.25, 0.3) is 0 Å². The Bertz CT molecular complexity index is 579. The van der Waals surface area contributed by atoms with Crippen LogP contribution in [0.25, 0.3) is 0 Å². The molecule has 0 bridgehead atoms. The van der Waals surface area contributed by atoms with Crippen molar-refractivity contribution >= 4 is 11.8 Å². The molecule has 0 unspecified atom stereocenters. The van der Waals surface area contributed by atoms with E-state index in [1.807, 2.05) is 6.20 Å². The number of piperidine rings is 1. The minimum Gasteiger partial charge on any atom is -0.481 e. The van der Waals surface area contributed by atoms with E-state index in [1.54, 1.807) is 0 Å². The van der Waals surface area contributed by atoms with Gasteiger partial charge in [-0.25, -0.2) is 4.98 Å². The molecule has 1 aromatic rings. The van der Waals surface area contributed by atoms with E-state index in [0.29, 0.717) is 5.41 Å². The predicted octanol–water partition coefficient (Wildman–Crippen LogP) is 2.76. The first-order valence-electron chi connectivity index (χ1n) is 9.29. The first-order chi connectivity index (χ1) is 11.6. The van der Waals surface area contributed by atoms with Crippen LogP contribution in [0.3, 0.4) is 0 Å². The zero-order chi connectivity index (χ0) is 16.6. The maximum absolute atomic E-state index is 11.0. The van der Waals surface area contributed by atoms with Gasteiger partial charge in [0.1, 0.15) is 5.82 Å². The fourth-order valence-corrected chi connectivity index (χ4v) is 4.66. The standard InChI is InChI=1S/C19H27N3O2/c23-18(24)16-11-19(12-16)5-9-21(10-6-19)14-15-3-4-17(20-13-15)22-7-1-2-8-22/h3-4,13,16H,1-2,5-12,14H2,(H,23,24). The van der Waals surface area contributed by atoms with E-state index < -0.39 is 5.97 Å². The van der Waals surface area contributed by atoms with Gasteiger partial charge in [0.15, 0.2) is 0 Å². The Morgan fingerprint density at radius 3 is 2.46 bits per heavy atom. The molecule has 24 heavy (non-hydrogen) atoms. The van der Waals surface area contributed by atoms with Crippen LogP contribution in [0.4, 0.5) is 5.82 Å². The number of hydrogen-bond donors (Lipinski definition) is 1. The van der Waals surface area contributed by atoms with E-state index in [4.69, 9.17) is 5.11 Å². The number of aromatic nitrogens is 1. The highest BCUT2D eigenvalue weighted by Gasteiger charge is 2.48. The van der Waals surface area contributed by atoms with Gasteiger partial charge in [-0.1, -0.05) is 6.07 Å². The van der Waals surface area contributed by atoms with Crippen molar-refractivity contribution in [1.29, 1.82) is 0 Å². The Labute approximate surface area is 143 Å². The molecule has 2 saturated heterocycles. The van der Waals surface area contributed by atoms with Gasteiger partial charge in [-0.05, 0) is 68.7 Å². The summed E-state index contributed by atoms with van der Waals surface area (Å²) in [6.45, 7) is 5.40. The molecule has 1 aromatic heterocycles. The summed E-state index contributed by atoms with van der Waals surface area (Å²) < 4.78 is 0. The molecule has 1 aliphatic carbocycles. The molecule has 3 fully saturated rings. The van der Waals surface area contributed by atoms with E-state index in [1.165, 1.54) is 18.4 Å². The highest BCUT2D eigenvalue weighted by Crippen LogP contribution is 2.52. The number of aliphatic carboxylic acids is 1. The molecule has 3 heterocycles. The number of likely N-dealkylation sites (tertiary alicyclic amines) is 1. The van der Waals surface area contributed by atoms with Gasteiger partial charge >= 0.3 is 5.97 Å². The molecule has 1 saturated carbocycles. The molecule has 4 rings (SSSR count). The van der Waals surface area contributed by atoms with E-state index in [0.717, 1.165) is 64.2 Å². The number of pyridine rings is 1. The van der Waals surface area contributed by atoms with E-state index in [2.05, 4.69) is 26.9 Å². The number of carboxylic acids is 1. The minimum absolute atomic E-state index is 0.0844. The van der Waals surface area contributed by atoms with Crippen molar-refractivity contribution in [2.45, 2.75) is 45.1 Å². The number of carboxylic acid groups (broad SMARTS) is 1. The van der Waals surface area contributed by atoms with Crippen molar-refractivity contribution in [2.24, 2.45) is 11.3 Å². The van der Waals surface area contributed by atoms with Crippen molar-refractivity contribution in [3.05, 3.63) is 23.9 Å². The van der Waals surface area contributed by atoms with Crippen LogP contribution in [0.2, 0.25) is 0 Å². The summed E-state index contributed by atoms with van der Waals surface area (Å²) in [5.41, 5.74) is 1.61. The van der Waals surface area contributed by atoms with Crippen LogP contribution < -0.4 is 4.90 Å². The maximum Gasteiger partial charge on any atom is 0.306 e. The SMILES string of the molecule is O=C(O)C1CC2(CCN(Cc3ccc(N4CCCC4)nc3)CC2)C1. The lowest BCUT2D eigenvalue weighted by molar-refractivity contribution is -0.152.